The molecule has 1 aromatic heterocycles. The predicted octanol–water partition coefficient (Wildman–Crippen LogP) is 3.58. The number of hydrogen-bond donors (Lipinski definition) is 0. The van der Waals surface area contributed by atoms with E-state index in [1.54, 1.807) is 49.4 Å². The average Bonchev–Trinajstić information content (AvgIpc) is 3.54. The highest BCUT2D eigenvalue weighted by atomic mass is 19.1. The summed E-state index contributed by atoms with van der Waals surface area (Å²) in [6.07, 6.45) is 1.63. The van der Waals surface area contributed by atoms with Gasteiger partial charge >= 0.3 is 5.97 Å². The first-order chi connectivity index (χ1) is 14.2. The molecule has 0 saturated heterocycles. The molecule has 1 aliphatic carbocycles. The molecule has 6 nitrogen and oxygen atoms in total. The number of esters is 1. The second kappa shape index (κ2) is 8.42. The molecule has 0 N–H and O–H groups in total. The third-order valence-electron chi connectivity index (χ3n) is 5.88. The maximum atomic E-state index is 13.5. The molecule has 0 bridgehead atoms. The third kappa shape index (κ3) is 4.01. The second-order valence-corrected chi connectivity index (χ2v) is 7.89. The van der Waals surface area contributed by atoms with E-state index in [4.69, 9.17) is 4.74 Å². The first-order valence-corrected chi connectivity index (χ1v) is 10.0. The van der Waals surface area contributed by atoms with Crippen molar-refractivity contribution in [2.45, 2.75) is 46.2 Å². The molecule has 0 radical (unpaired) electrons. The van der Waals surface area contributed by atoms with Crippen LogP contribution in [-0.2, 0) is 23.1 Å². The minimum Gasteiger partial charge on any atom is -0.464 e. The highest BCUT2D eigenvalue weighted by Crippen LogP contribution is 2.33. The summed E-state index contributed by atoms with van der Waals surface area (Å²) in [4.78, 5) is 40.2. The van der Waals surface area contributed by atoms with Crippen LogP contribution in [0.4, 0.5) is 4.39 Å². The monoisotopic (exact) mass is 414 g/mol. The van der Waals surface area contributed by atoms with Gasteiger partial charge in [-0.1, -0.05) is 12.1 Å². The number of Topliss-reactive ketones (excluding diaryl/α,β-unsaturated/α-hetero) is 1. The quantitative estimate of drug-likeness (QED) is 0.513. The van der Waals surface area contributed by atoms with E-state index in [0.29, 0.717) is 22.5 Å². The first-order valence-electron chi connectivity index (χ1n) is 10.0. The number of carbonyl (C=O) groups is 3. The van der Waals surface area contributed by atoms with E-state index in [-0.39, 0.29) is 30.0 Å². The largest absolute Gasteiger partial charge is 0.464 e. The number of rotatable bonds is 7. The van der Waals surface area contributed by atoms with Gasteiger partial charge in [0.1, 0.15) is 11.5 Å². The molecular weight excluding hydrogens is 387 g/mol. The number of amides is 1. The molecule has 0 unspecified atom stereocenters. The Morgan fingerprint density at radius 3 is 2.33 bits per heavy atom. The normalized spacial score (nSPS) is 14.3. The van der Waals surface area contributed by atoms with Gasteiger partial charge in [-0.3, -0.25) is 9.59 Å². The zero-order chi connectivity index (χ0) is 22.2. The fourth-order valence-corrected chi connectivity index (χ4v) is 3.83. The van der Waals surface area contributed by atoms with Crippen LogP contribution in [-0.4, -0.2) is 40.3 Å². The Bertz CT molecular complexity index is 990. The summed E-state index contributed by atoms with van der Waals surface area (Å²) in [7, 11) is 3.01. The van der Waals surface area contributed by atoms with Gasteiger partial charge in [-0.2, -0.15) is 0 Å². The summed E-state index contributed by atoms with van der Waals surface area (Å²) in [6, 6.07) is 5.20. The smallest absolute Gasteiger partial charge is 0.354 e. The molecule has 0 spiro atoms. The Morgan fingerprint density at radius 2 is 1.80 bits per heavy atom. The molecule has 1 atom stereocenters. The van der Waals surface area contributed by atoms with E-state index >= 15 is 0 Å². The molecule has 3 rings (SSSR count). The number of methoxy groups -OCH3 is 1. The van der Waals surface area contributed by atoms with Crippen molar-refractivity contribution >= 4 is 17.7 Å². The molecule has 1 heterocycles. The van der Waals surface area contributed by atoms with Gasteiger partial charge in [-0.15, -0.1) is 0 Å². The minimum atomic E-state index is -0.728. The van der Waals surface area contributed by atoms with Crippen molar-refractivity contribution in [2.24, 2.45) is 13.0 Å². The lowest BCUT2D eigenvalue weighted by Crippen LogP contribution is -2.43. The minimum absolute atomic E-state index is 0.0655. The number of carbonyl (C=O) groups excluding carboxylic acids is 3. The first kappa shape index (κ1) is 21.7. The standard InChI is InChI=1S/C23H27FN2O4/c1-13-19(14(2)25(4)20(13)23(29)30-5)21(27)15(3)26(22(28)17-8-9-17)12-16-6-10-18(24)11-7-16/h6-7,10-11,15,17H,8-9,12H2,1-5H3/t15-/m0/s1. The maximum Gasteiger partial charge on any atom is 0.354 e. The predicted molar refractivity (Wildman–Crippen MR) is 110 cm³/mol. The van der Waals surface area contributed by atoms with Crippen LogP contribution >= 0.6 is 0 Å². The van der Waals surface area contributed by atoms with E-state index in [0.717, 1.165) is 18.4 Å². The summed E-state index contributed by atoms with van der Waals surface area (Å²) < 4.78 is 19.8. The van der Waals surface area contributed by atoms with Crippen LogP contribution in [0.15, 0.2) is 24.3 Å². The van der Waals surface area contributed by atoms with Gasteiger partial charge in [0.25, 0.3) is 0 Å². The van der Waals surface area contributed by atoms with Crippen molar-refractivity contribution in [3.05, 3.63) is 58.2 Å². The number of ketones is 1. The molecule has 1 saturated carbocycles. The number of ether oxygens (including phenoxy) is 1. The number of benzene rings is 1. The van der Waals surface area contributed by atoms with Crippen LogP contribution in [0.3, 0.4) is 0 Å². The molecule has 1 aromatic carbocycles. The molecule has 160 valence electrons. The van der Waals surface area contributed by atoms with Gasteiger partial charge in [0, 0.05) is 30.8 Å². The van der Waals surface area contributed by atoms with Crippen molar-refractivity contribution in [3.63, 3.8) is 0 Å². The van der Waals surface area contributed by atoms with Crippen molar-refractivity contribution in [1.82, 2.24) is 9.47 Å². The number of nitrogens with zero attached hydrogens (tertiary/aromatic N) is 2. The summed E-state index contributed by atoms with van der Waals surface area (Å²) in [5.74, 6) is -1.23. The summed E-state index contributed by atoms with van der Waals surface area (Å²) in [5.41, 5.74) is 2.69. The lowest BCUT2D eigenvalue weighted by atomic mass is 9.99. The number of halogens is 1. The molecule has 0 aliphatic heterocycles. The van der Waals surface area contributed by atoms with E-state index < -0.39 is 12.0 Å². The highest BCUT2D eigenvalue weighted by molar-refractivity contribution is 6.06. The topological polar surface area (TPSA) is 68.6 Å². The lowest BCUT2D eigenvalue weighted by Gasteiger charge is -2.29. The highest BCUT2D eigenvalue weighted by Gasteiger charge is 2.38. The van der Waals surface area contributed by atoms with Crippen LogP contribution in [0.1, 0.15) is 57.4 Å². The van der Waals surface area contributed by atoms with Crippen LogP contribution in [0.25, 0.3) is 0 Å². The zero-order valence-electron chi connectivity index (χ0n) is 18.0. The van der Waals surface area contributed by atoms with E-state index in [1.165, 1.54) is 19.2 Å². The summed E-state index contributed by atoms with van der Waals surface area (Å²) >= 11 is 0. The molecule has 7 heteroatoms. The average molecular weight is 414 g/mol. The van der Waals surface area contributed by atoms with Gasteiger partial charge in [-0.25, -0.2) is 9.18 Å². The lowest BCUT2D eigenvalue weighted by molar-refractivity contribution is -0.134. The van der Waals surface area contributed by atoms with Gasteiger partial charge in [0.15, 0.2) is 5.78 Å². The Labute approximate surface area is 175 Å². The number of aromatic nitrogens is 1. The molecule has 30 heavy (non-hydrogen) atoms. The zero-order valence-corrected chi connectivity index (χ0v) is 18.0. The second-order valence-electron chi connectivity index (χ2n) is 7.89. The molecule has 1 amide bonds. The molecular formula is C23H27FN2O4. The summed E-state index contributed by atoms with van der Waals surface area (Å²) in [5, 5.41) is 0. The fourth-order valence-electron chi connectivity index (χ4n) is 3.83. The van der Waals surface area contributed by atoms with Gasteiger partial charge in [-0.05, 0) is 56.9 Å². The Hall–Kier alpha value is -2.96. The van der Waals surface area contributed by atoms with Gasteiger partial charge in [0.2, 0.25) is 5.91 Å². The van der Waals surface area contributed by atoms with Crippen molar-refractivity contribution in [2.75, 3.05) is 7.11 Å². The Kier molecular flexibility index (Phi) is 6.10. The van der Waals surface area contributed by atoms with Crippen molar-refractivity contribution in [3.8, 4) is 0 Å². The van der Waals surface area contributed by atoms with Crippen LogP contribution in [0.5, 0.6) is 0 Å². The van der Waals surface area contributed by atoms with Crippen molar-refractivity contribution in [1.29, 1.82) is 0 Å². The van der Waals surface area contributed by atoms with Crippen LogP contribution < -0.4 is 0 Å². The Morgan fingerprint density at radius 1 is 1.20 bits per heavy atom. The fraction of sp³-hybridized carbons (Fsp3) is 0.435. The SMILES string of the molecule is COC(=O)c1c(C)c(C(=O)[C@H](C)N(Cc2ccc(F)cc2)C(=O)C2CC2)c(C)n1C. The van der Waals surface area contributed by atoms with Crippen molar-refractivity contribution < 1.29 is 23.5 Å². The third-order valence-corrected chi connectivity index (χ3v) is 5.88. The molecule has 2 aromatic rings. The molecule has 1 fully saturated rings. The van der Waals surface area contributed by atoms with E-state index in [1.807, 2.05) is 0 Å². The van der Waals surface area contributed by atoms with E-state index in [2.05, 4.69) is 0 Å². The van der Waals surface area contributed by atoms with Gasteiger partial charge < -0.3 is 14.2 Å². The van der Waals surface area contributed by atoms with Gasteiger partial charge in [0.05, 0.1) is 13.2 Å². The Balaban J connectivity index is 1.95. The van der Waals surface area contributed by atoms with E-state index in [9.17, 15) is 18.8 Å². The number of hydrogen-bond acceptors (Lipinski definition) is 4. The summed E-state index contributed by atoms with van der Waals surface area (Å²) in [6.45, 7) is 5.41. The maximum absolute atomic E-state index is 13.5. The molecule has 1 aliphatic rings. The van der Waals surface area contributed by atoms with Crippen LogP contribution in [0, 0.1) is 25.6 Å². The van der Waals surface area contributed by atoms with Crippen LogP contribution in [0.2, 0.25) is 0 Å².